The molecule has 0 aliphatic heterocycles. The number of fused-ring (bicyclic) bond motifs is 1. The molecular formula is C19H32N2S2. The molecule has 0 aliphatic carbocycles. The number of aromatic nitrogens is 1. The van der Waals surface area contributed by atoms with E-state index in [9.17, 15) is 0 Å². The molecule has 2 nitrogen and oxygen atoms in total. The standard InChI is InChI=1S/C12H27N.C7H5NS2/c1-4-7-10-13(11-8-5-2)12-9-6-3;9-7-8-5-3-1-2-4-6(5)10-7/h4-12H2,1-3H3;1-4H,(H,8,9). The zero-order valence-electron chi connectivity index (χ0n) is 14.9. The average molecular weight is 353 g/mol. The molecule has 0 saturated carbocycles. The van der Waals surface area contributed by atoms with Crippen LogP contribution >= 0.6 is 11.3 Å². The smallest absolute Gasteiger partial charge is 0.0770 e. The summed E-state index contributed by atoms with van der Waals surface area (Å²) in [5.41, 5.74) is 1.01. The summed E-state index contributed by atoms with van der Waals surface area (Å²) >= 11 is 6.48. The summed E-state index contributed by atoms with van der Waals surface area (Å²) in [6.45, 7) is 11.1. The number of hydrogen-bond donors (Lipinski definition) is 1. The summed E-state index contributed by atoms with van der Waals surface area (Å²) in [6, 6.07) is 7.97. The van der Waals surface area contributed by atoms with Crippen LogP contribution in [0.1, 0.15) is 59.3 Å². The van der Waals surface area contributed by atoms with E-state index in [0.29, 0.717) is 0 Å². The Morgan fingerprint density at radius 3 is 1.91 bits per heavy atom. The van der Waals surface area contributed by atoms with Gasteiger partial charge in [-0.1, -0.05) is 58.2 Å². The van der Waals surface area contributed by atoms with E-state index in [-0.39, 0.29) is 0 Å². The van der Waals surface area contributed by atoms with Crippen LogP contribution in [0.3, 0.4) is 0 Å². The predicted octanol–water partition coefficient (Wildman–Crippen LogP) is 4.47. The van der Waals surface area contributed by atoms with Gasteiger partial charge in [-0.25, -0.2) is 0 Å². The van der Waals surface area contributed by atoms with Gasteiger partial charge < -0.3 is 28.9 Å². The zero-order valence-corrected chi connectivity index (χ0v) is 16.6. The Hall–Kier alpha value is -0.710. The van der Waals surface area contributed by atoms with Crippen LogP contribution in [0.4, 0.5) is 0 Å². The molecule has 0 fully saturated rings. The van der Waals surface area contributed by atoms with Crippen LogP contribution < -0.4 is 4.90 Å². The fourth-order valence-corrected chi connectivity index (χ4v) is 3.57. The van der Waals surface area contributed by atoms with Crippen LogP contribution in [0.15, 0.2) is 28.6 Å². The molecule has 0 spiro atoms. The maximum absolute atomic E-state index is 4.92. The highest BCUT2D eigenvalue weighted by molar-refractivity contribution is 7.63. The highest BCUT2D eigenvalue weighted by Gasteiger charge is 2.05. The van der Waals surface area contributed by atoms with Gasteiger partial charge in [0, 0.05) is 0 Å². The first kappa shape index (κ1) is 20.3. The first-order valence-electron chi connectivity index (χ1n) is 9.07. The fourth-order valence-electron chi connectivity index (χ4n) is 2.51. The molecule has 4 heteroatoms. The number of rotatable bonds is 9. The summed E-state index contributed by atoms with van der Waals surface area (Å²) in [6.07, 6.45) is 8.26. The minimum atomic E-state index is 0.723. The van der Waals surface area contributed by atoms with E-state index in [1.807, 2.05) is 29.2 Å². The lowest BCUT2D eigenvalue weighted by molar-refractivity contribution is -0.900. The van der Waals surface area contributed by atoms with Gasteiger partial charge in [-0.05, 0) is 34.4 Å². The van der Waals surface area contributed by atoms with Crippen molar-refractivity contribution in [2.24, 2.45) is 0 Å². The first-order chi connectivity index (χ1) is 11.2. The highest BCUT2D eigenvalue weighted by atomic mass is 32.2. The molecule has 2 rings (SSSR count). The molecule has 23 heavy (non-hydrogen) atoms. The summed E-state index contributed by atoms with van der Waals surface area (Å²) in [4.78, 5) is 5.98. The third-order valence-corrected chi connectivity index (χ3v) is 5.10. The third kappa shape index (κ3) is 8.63. The maximum Gasteiger partial charge on any atom is 0.0770 e. The normalized spacial score (nSPS) is 10.8. The van der Waals surface area contributed by atoms with Gasteiger partial charge in [0.05, 0.1) is 25.2 Å². The molecule has 0 radical (unpaired) electrons. The van der Waals surface area contributed by atoms with Crippen molar-refractivity contribution in [2.75, 3.05) is 19.6 Å². The number of hydrogen-bond acceptors (Lipinski definition) is 3. The highest BCUT2D eigenvalue weighted by Crippen LogP contribution is 2.20. The Morgan fingerprint density at radius 1 is 0.913 bits per heavy atom. The number of quaternary nitrogens is 1. The molecule has 130 valence electrons. The number of nitrogens with one attached hydrogen (secondary N) is 1. The van der Waals surface area contributed by atoms with Gasteiger partial charge in [0.2, 0.25) is 0 Å². The second-order valence-electron chi connectivity index (χ2n) is 6.01. The van der Waals surface area contributed by atoms with E-state index in [0.717, 1.165) is 9.86 Å². The molecular weight excluding hydrogens is 320 g/mol. The van der Waals surface area contributed by atoms with Crippen molar-refractivity contribution in [3.05, 3.63) is 24.3 Å². The number of unbranched alkanes of at least 4 members (excludes halogenated alkanes) is 3. The van der Waals surface area contributed by atoms with E-state index in [1.165, 1.54) is 62.9 Å². The van der Waals surface area contributed by atoms with Crippen molar-refractivity contribution in [3.63, 3.8) is 0 Å². The number of benzene rings is 1. The Morgan fingerprint density at radius 2 is 1.43 bits per heavy atom. The predicted molar refractivity (Wildman–Crippen MR) is 106 cm³/mol. The van der Waals surface area contributed by atoms with E-state index in [4.69, 9.17) is 12.6 Å². The van der Waals surface area contributed by atoms with Crippen LogP contribution in [0.2, 0.25) is 0 Å². The molecule has 0 aliphatic rings. The molecule has 0 unspecified atom stereocenters. The monoisotopic (exact) mass is 352 g/mol. The minimum absolute atomic E-state index is 0.723. The molecule has 1 aromatic heterocycles. The second-order valence-corrected chi connectivity index (χ2v) is 7.68. The Labute approximate surface area is 151 Å². The van der Waals surface area contributed by atoms with Gasteiger partial charge in [-0.3, -0.25) is 4.98 Å². The third-order valence-electron chi connectivity index (χ3n) is 3.93. The van der Waals surface area contributed by atoms with Gasteiger partial charge in [-0.15, -0.1) is 0 Å². The average Bonchev–Trinajstić information content (AvgIpc) is 2.95. The Bertz CT molecular complexity index is 473. The van der Waals surface area contributed by atoms with Crippen molar-refractivity contribution in [1.82, 2.24) is 4.98 Å². The lowest BCUT2D eigenvalue weighted by Gasteiger charge is -2.18. The zero-order chi connectivity index (χ0) is 16.9. The summed E-state index contributed by atoms with van der Waals surface area (Å²) < 4.78 is 1.90. The van der Waals surface area contributed by atoms with E-state index in [1.54, 1.807) is 11.3 Å². The van der Waals surface area contributed by atoms with Crippen molar-refractivity contribution in [3.8, 4) is 0 Å². The molecule has 1 aromatic carbocycles. The largest absolute Gasteiger partial charge is 0.408 e. The first-order valence-corrected chi connectivity index (χ1v) is 10.3. The van der Waals surface area contributed by atoms with Gasteiger partial charge in [-0.2, -0.15) is 0 Å². The molecule has 2 aromatic rings. The van der Waals surface area contributed by atoms with Crippen LogP contribution in [0.25, 0.3) is 10.2 Å². The quantitative estimate of drug-likeness (QED) is 0.671. The molecule has 0 atom stereocenters. The van der Waals surface area contributed by atoms with Crippen molar-refractivity contribution in [2.45, 2.75) is 63.6 Å². The minimum Gasteiger partial charge on any atom is -0.408 e. The van der Waals surface area contributed by atoms with Crippen LogP contribution in [0.5, 0.6) is 0 Å². The number of thiazole rings is 1. The maximum atomic E-state index is 4.92. The molecule has 0 saturated heterocycles. The van der Waals surface area contributed by atoms with Crippen molar-refractivity contribution in [1.29, 1.82) is 0 Å². The molecule has 0 bridgehead atoms. The lowest BCUT2D eigenvalue weighted by Crippen LogP contribution is -3.12. The van der Waals surface area contributed by atoms with Gasteiger partial charge in [0.15, 0.2) is 0 Å². The van der Waals surface area contributed by atoms with Gasteiger partial charge >= 0.3 is 0 Å². The summed E-state index contributed by atoms with van der Waals surface area (Å²) in [5, 5.41) is 0. The van der Waals surface area contributed by atoms with Gasteiger partial charge in [0.1, 0.15) is 0 Å². The summed E-state index contributed by atoms with van der Waals surface area (Å²) in [5.74, 6) is 0. The fraction of sp³-hybridized carbons (Fsp3) is 0.632. The topological polar surface area (TPSA) is 17.3 Å². The van der Waals surface area contributed by atoms with Crippen molar-refractivity contribution >= 4 is 34.2 Å². The summed E-state index contributed by atoms with van der Waals surface area (Å²) in [7, 11) is 0. The second kappa shape index (κ2) is 12.7. The SMILES string of the molecule is CCCC[NH+](CCCC)CCCC.[S-]c1nc2ccccc2s1. The molecule has 0 amide bonds. The Kier molecular flexibility index (Phi) is 11.2. The number of nitrogens with zero attached hydrogens (tertiary/aromatic N) is 1. The number of para-hydroxylation sites is 1. The lowest BCUT2D eigenvalue weighted by atomic mass is 10.2. The van der Waals surface area contributed by atoms with E-state index in [2.05, 4.69) is 25.8 Å². The van der Waals surface area contributed by atoms with E-state index < -0.39 is 0 Å². The van der Waals surface area contributed by atoms with Gasteiger partial charge in [0.25, 0.3) is 0 Å². The van der Waals surface area contributed by atoms with Crippen LogP contribution in [0, 0.1) is 0 Å². The van der Waals surface area contributed by atoms with Crippen LogP contribution in [-0.2, 0) is 12.6 Å². The van der Waals surface area contributed by atoms with Crippen molar-refractivity contribution < 1.29 is 4.90 Å². The van der Waals surface area contributed by atoms with Crippen LogP contribution in [-0.4, -0.2) is 24.6 Å². The Balaban J connectivity index is 0.000000235. The molecule has 1 heterocycles. The van der Waals surface area contributed by atoms with E-state index >= 15 is 0 Å². The molecule has 1 N–H and O–H groups in total.